The fourth-order valence-corrected chi connectivity index (χ4v) is 1.50. The van der Waals surface area contributed by atoms with Crippen LogP contribution in [0.3, 0.4) is 0 Å². The van der Waals surface area contributed by atoms with Crippen LogP contribution in [0.15, 0.2) is 47.1 Å². The Morgan fingerprint density at radius 3 is 2.72 bits per heavy atom. The first-order chi connectivity index (χ1) is 8.79. The lowest BCUT2D eigenvalue weighted by molar-refractivity contribution is -0.139. The summed E-state index contributed by atoms with van der Waals surface area (Å²) in [4.78, 5) is 10.9. The minimum atomic E-state index is -0.246. The van der Waals surface area contributed by atoms with Crippen molar-refractivity contribution in [1.29, 1.82) is 0 Å². The Morgan fingerprint density at radius 2 is 2.11 bits per heavy atom. The van der Waals surface area contributed by atoms with E-state index in [0.29, 0.717) is 0 Å². The lowest BCUT2D eigenvalue weighted by Crippen LogP contribution is -1.96. The molecule has 92 valence electrons. The molecule has 4 heteroatoms. The zero-order valence-electron chi connectivity index (χ0n) is 10.00. The molecule has 1 aromatic heterocycles. The van der Waals surface area contributed by atoms with Crippen molar-refractivity contribution in [1.82, 2.24) is 5.16 Å². The van der Waals surface area contributed by atoms with E-state index < -0.39 is 0 Å². The molecule has 0 aliphatic rings. The van der Waals surface area contributed by atoms with Crippen LogP contribution in [0, 0.1) is 0 Å². The van der Waals surface area contributed by atoms with E-state index in [9.17, 15) is 4.79 Å². The Hall–Kier alpha value is -2.36. The average Bonchev–Trinajstić information content (AvgIpc) is 2.93. The Balaban J connectivity index is 2.02. The molecule has 0 radical (unpaired) electrons. The summed E-state index contributed by atoms with van der Waals surface area (Å²) in [6.45, 7) is 0. The molecule has 0 atom stereocenters. The second-order valence-corrected chi connectivity index (χ2v) is 3.68. The van der Waals surface area contributed by atoms with E-state index in [1.54, 1.807) is 12.3 Å². The molecule has 4 nitrogen and oxygen atoms in total. The minimum absolute atomic E-state index is 0.246. The molecule has 0 bridgehead atoms. The molecule has 0 fully saturated rings. The standard InChI is InChI=1S/C14H13NO3/c1-17-14(16)4-2-3-11-5-7-12(8-6-11)13-9-10-15-18-13/h2-3,5-10H,4H2,1H3. The lowest BCUT2D eigenvalue weighted by Gasteiger charge is -1.97. The van der Waals surface area contributed by atoms with Crippen molar-refractivity contribution in [3.63, 3.8) is 0 Å². The SMILES string of the molecule is COC(=O)CC=Cc1ccc(-c2ccno2)cc1. The molecule has 1 aromatic carbocycles. The number of aromatic nitrogens is 1. The van der Waals surface area contributed by atoms with Crippen molar-refractivity contribution in [2.45, 2.75) is 6.42 Å². The van der Waals surface area contributed by atoms with Gasteiger partial charge < -0.3 is 9.26 Å². The zero-order chi connectivity index (χ0) is 12.8. The molecule has 2 aromatic rings. The van der Waals surface area contributed by atoms with E-state index in [4.69, 9.17) is 4.52 Å². The van der Waals surface area contributed by atoms with Crippen LogP contribution in [-0.4, -0.2) is 18.2 Å². The summed E-state index contributed by atoms with van der Waals surface area (Å²) in [5.41, 5.74) is 1.99. The number of nitrogens with zero attached hydrogens (tertiary/aromatic N) is 1. The average molecular weight is 243 g/mol. The summed E-state index contributed by atoms with van der Waals surface area (Å²) in [5.74, 6) is 0.490. The largest absolute Gasteiger partial charge is 0.469 e. The van der Waals surface area contributed by atoms with Crippen LogP contribution in [0.4, 0.5) is 0 Å². The fourth-order valence-electron chi connectivity index (χ4n) is 1.50. The molecule has 0 spiro atoms. The molecule has 0 aliphatic heterocycles. The van der Waals surface area contributed by atoms with Crippen molar-refractivity contribution < 1.29 is 14.1 Å². The summed E-state index contributed by atoms with van der Waals surface area (Å²) in [7, 11) is 1.38. The van der Waals surface area contributed by atoms with Gasteiger partial charge in [-0.1, -0.05) is 41.6 Å². The Kier molecular flexibility index (Phi) is 3.91. The number of carbonyl (C=O) groups is 1. The molecule has 0 N–H and O–H groups in total. The maximum Gasteiger partial charge on any atom is 0.309 e. The zero-order valence-corrected chi connectivity index (χ0v) is 10.00. The van der Waals surface area contributed by atoms with Crippen LogP contribution < -0.4 is 0 Å². The van der Waals surface area contributed by atoms with Gasteiger partial charge in [0.2, 0.25) is 0 Å². The van der Waals surface area contributed by atoms with Gasteiger partial charge in [-0.2, -0.15) is 0 Å². The van der Waals surface area contributed by atoms with Crippen molar-refractivity contribution in [2.24, 2.45) is 0 Å². The smallest absolute Gasteiger partial charge is 0.309 e. The number of carbonyl (C=O) groups excluding carboxylic acids is 1. The van der Waals surface area contributed by atoms with Crippen LogP contribution in [0.5, 0.6) is 0 Å². The van der Waals surface area contributed by atoms with Gasteiger partial charge in [-0.25, -0.2) is 0 Å². The molecule has 18 heavy (non-hydrogen) atoms. The van der Waals surface area contributed by atoms with Crippen LogP contribution in [0.25, 0.3) is 17.4 Å². The van der Waals surface area contributed by atoms with Gasteiger partial charge >= 0.3 is 5.97 Å². The summed E-state index contributed by atoms with van der Waals surface area (Å²) in [5, 5.41) is 3.66. The maximum atomic E-state index is 10.9. The predicted octanol–water partition coefficient (Wildman–Crippen LogP) is 2.92. The van der Waals surface area contributed by atoms with Crippen LogP contribution in [-0.2, 0) is 9.53 Å². The summed E-state index contributed by atoms with van der Waals surface area (Å²) in [6.07, 6.45) is 5.54. The highest BCUT2D eigenvalue weighted by atomic mass is 16.5. The number of rotatable bonds is 4. The molecular formula is C14H13NO3. The molecule has 0 unspecified atom stereocenters. The highest BCUT2D eigenvalue weighted by Gasteiger charge is 2.00. The summed E-state index contributed by atoms with van der Waals surface area (Å²) >= 11 is 0. The molecule has 1 heterocycles. The van der Waals surface area contributed by atoms with Gasteiger partial charge in [-0.3, -0.25) is 4.79 Å². The van der Waals surface area contributed by atoms with Crippen molar-refractivity contribution >= 4 is 12.0 Å². The highest BCUT2D eigenvalue weighted by molar-refractivity contribution is 5.72. The third-order valence-electron chi connectivity index (χ3n) is 2.46. The third-order valence-corrected chi connectivity index (χ3v) is 2.46. The molecule has 0 aliphatic carbocycles. The van der Waals surface area contributed by atoms with E-state index in [0.717, 1.165) is 16.9 Å². The summed E-state index contributed by atoms with van der Waals surface area (Å²) in [6, 6.07) is 9.59. The monoisotopic (exact) mass is 243 g/mol. The maximum absolute atomic E-state index is 10.9. The van der Waals surface area contributed by atoms with Crippen molar-refractivity contribution in [3.8, 4) is 11.3 Å². The second-order valence-electron chi connectivity index (χ2n) is 3.68. The number of ether oxygens (including phenoxy) is 1. The van der Waals surface area contributed by atoms with Crippen LogP contribution in [0.2, 0.25) is 0 Å². The topological polar surface area (TPSA) is 52.3 Å². The third kappa shape index (κ3) is 3.07. The first-order valence-electron chi connectivity index (χ1n) is 5.54. The van der Waals surface area contributed by atoms with Gasteiger partial charge in [-0.15, -0.1) is 0 Å². The first-order valence-corrected chi connectivity index (χ1v) is 5.54. The van der Waals surface area contributed by atoms with Crippen molar-refractivity contribution in [2.75, 3.05) is 7.11 Å². The van der Waals surface area contributed by atoms with E-state index in [1.807, 2.05) is 36.4 Å². The highest BCUT2D eigenvalue weighted by Crippen LogP contribution is 2.19. The number of esters is 1. The molecule has 0 amide bonds. The number of hydrogen-bond acceptors (Lipinski definition) is 4. The fraction of sp³-hybridized carbons (Fsp3) is 0.143. The minimum Gasteiger partial charge on any atom is -0.469 e. The molecule has 0 saturated carbocycles. The van der Waals surface area contributed by atoms with Crippen LogP contribution in [0.1, 0.15) is 12.0 Å². The van der Waals surface area contributed by atoms with Gasteiger partial charge in [-0.05, 0) is 5.56 Å². The quantitative estimate of drug-likeness (QED) is 0.775. The first kappa shape index (κ1) is 12.1. The normalized spacial score (nSPS) is 10.7. The van der Waals surface area contributed by atoms with E-state index in [1.165, 1.54) is 7.11 Å². The Bertz CT molecular complexity index is 527. The number of hydrogen-bond donors (Lipinski definition) is 0. The molecular weight excluding hydrogens is 230 g/mol. The second kappa shape index (κ2) is 5.82. The Morgan fingerprint density at radius 1 is 1.33 bits per heavy atom. The van der Waals surface area contributed by atoms with Gasteiger partial charge in [0, 0.05) is 11.6 Å². The number of methoxy groups -OCH3 is 1. The van der Waals surface area contributed by atoms with E-state index in [-0.39, 0.29) is 12.4 Å². The predicted molar refractivity (Wildman–Crippen MR) is 67.6 cm³/mol. The van der Waals surface area contributed by atoms with Crippen LogP contribution >= 0.6 is 0 Å². The lowest BCUT2D eigenvalue weighted by atomic mass is 10.1. The van der Waals surface area contributed by atoms with Gasteiger partial charge in [0.25, 0.3) is 0 Å². The number of benzene rings is 1. The Labute approximate surface area is 105 Å². The molecule has 2 rings (SSSR count). The van der Waals surface area contributed by atoms with E-state index in [2.05, 4.69) is 9.89 Å². The van der Waals surface area contributed by atoms with E-state index >= 15 is 0 Å². The molecule has 0 saturated heterocycles. The van der Waals surface area contributed by atoms with Gasteiger partial charge in [0.05, 0.1) is 19.7 Å². The summed E-state index contributed by atoms with van der Waals surface area (Å²) < 4.78 is 9.60. The van der Waals surface area contributed by atoms with Gasteiger partial charge in [0.1, 0.15) is 0 Å². The van der Waals surface area contributed by atoms with Crippen molar-refractivity contribution in [3.05, 3.63) is 48.2 Å². The van der Waals surface area contributed by atoms with Gasteiger partial charge in [0.15, 0.2) is 5.76 Å².